The highest BCUT2D eigenvalue weighted by atomic mass is 16.5. The fraction of sp³-hybridized carbons (Fsp3) is 0.855. The van der Waals surface area contributed by atoms with E-state index in [0.717, 1.165) is 148 Å². The van der Waals surface area contributed by atoms with E-state index in [-0.39, 0.29) is 89.7 Å². The summed E-state index contributed by atoms with van der Waals surface area (Å²) in [5.41, 5.74) is 0. The molecule has 16 heteroatoms. The van der Waals surface area contributed by atoms with Gasteiger partial charge in [-0.3, -0.25) is 38.4 Å². The van der Waals surface area contributed by atoms with Gasteiger partial charge in [0.1, 0.15) is 0 Å². The summed E-state index contributed by atoms with van der Waals surface area (Å²) in [6, 6.07) is 0. The Bertz CT molecular complexity index is 1470. The van der Waals surface area contributed by atoms with Gasteiger partial charge in [0.25, 0.3) is 0 Å². The van der Waals surface area contributed by atoms with Gasteiger partial charge in [0, 0.05) is 12.8 Å². The second-order valence-corrected chi connectivity index (χ2v) is 19.2. The van der Waals surface area contributed by atoms with Crippen LogP contribution >= 0.6 is 0 Å². The van der Waals surface area contributed by atoms with Crippen LogP contribution in [0, 0.1) is 35.5 Å². The summed E-state index contributed by atoms with van der Waals surface area (Å²) in [4.78, 5) is 98.1. The fourth-order valence-electron chi connectivity index (χ4n) is 9.58. The lowest BCUT2D eigenvalue weighted by Gasteiger charge is -2.17. The highest BCUT2D eigenvalue weighted by Crippen LogP contribution is 2.27. The smallest absolute Gasteiger partial charge is 0.308 e. The zero-order chi connectivity index (χ0) is 53.1. The van der Waals surface area contributed by atoms with E-state index in [9.17, 15) is 38.4 Å². The molecule has 0 radical (unpaired) electrons. The zero-order valence-corrected chi connectivity index (χ0v) is 45.3. The molecular formula is C55H96O16. The van der Waals surface area contributed by atoms with Crippen LogP contribution in [-0.2, 0) is 76.3 Å². The Morgan fingerprint density at radius 2 is 0.380 bits per heavy atom. The third-order valence-electron chi connectivity index (χ3n) is 14.1. The van der Waals surface area contributed by atoms with Gasteiger partial charge in [0.05, 0.1) is 92.4 Å². The van der Waals surface area contributed by atoms with Gasteiger partial charge in [-0.05, 0) is 83.5 Å². The van der Waals surface area contributed by atoms with Crippen LogP contribution in [0.5, 0.6) is 0 Å². The zero-order valence-electron chi connectivity index (χ0n) is 45.3. The van der Waals surface area contributed by atoms with Crippen LogP contribution in [0.2, 0.25) is 0 Å². The molecule has 0 heterocycles. The monoisotopic (exact) mass is 1010 g/mol. The van der Waals surface area contributed by atoms with E-state index in [1.54, 1.807) is 0 Å². The Balaban J connectivity index is 4.69. The SMILES string of the molecule is COC(=O)CCCCCC[C@@H](CCCCC[C@@H](CCCCC[C@@H](CCCCC[C@@H](CCCCC[C@@H](CCCCC[C@@H](CCC(=O)OC)C(=O)OC)C(=O)OC)C(=O)OC)C(=O)OC)C(=O)OC)C(=O)OC. The highest BCUT2D eigenvalue weighted by Gasteiger charge is 2.25. The first-order chi connectivity index (χ1) is 34.3. The van der Waals surface area contributed by atoms with Gasteiger partial charge in [0.15, 0.2) is 0 Å². The minimum absolute atomic E-state index is 0.148. The molecule has 0 saturated heterocycles. The first-order valence-corrected chi connectivity index (χ1v) is 26.9. The lowest BCUT2D eigenvalue weighted by atomic mass is 9.90. The molecule has 0 saturated carbocycles. The van der Waals surface area contributed by atoms with Crippen molar-refractivity contribution < 1.29 is 76.3 Å². The molecule has 0 aliphatic carbocycles. The van der Waals surface area contributed by atoms with Crippen molar-refractivity contribution in [3.8, 4) is 0 Å². The lowest BCUT2D eigenvalue weighted by molar-refractivity contribution is -0.148. The second-order valence-electron chi connectivity index (χ2n) is 19.2. The lowest BCUT2D eigenvalue weighted by Crippen LogP contribution is -2.18. The van der Waals surface area contributed by atoms with Crippen LogP contribution in [0.3, 0.4) is 0 Å². The van der Waals surface area contributed by atoms with E-state index in [1.165, 1.54) is 56.9 Å². The number of carbonyl (C=O) groups excluding carboxylic acids is 8. The van der Waals surface area contributed by atoms with Crippen LogP contribution < -0.4 is 0 Å². The molecule has 0 N–H and O–H groups in total. The average Bonchev–Trinajstić information content (AvgIpc) is 3.39. The molecule has 0 rings (SSSR count). The summed E-state index contributed by atoms with van der Waals surface area (Å²) in [5.74, 6) is -3.23. The van der Waals surface area contributed by atoms with E-state index < -0.39 is 0 Å². The Labute approximate surface area is 427 Å². The van der Waals surface area contributed by atoms with Gasteiger partial charge in [-0.25, -0.2) is 0 Å². The van der Waals surface area contributed by atoms with Crippen molar-refractivity contribution in [2.45, 2.75) is 212 Å². The minimum Gasteiger partial charge on any atom is -0.469 e. The molecule has 0 unspecified atom stereocenters. The predicted molar refractivity (Wildman–Crippen MR) is 269 cm³/mol. The van der Waals surface area contributed by atoms with Gasteiger partial charge >= 0.3 is 47.8 Å². The van der Waals surface area contributed by atoms with Crippen molar-refractivity contribution in [2.75, 3.05) is 56.9 Å². The molecule has 0 fully saturated rings. The van der Waals surface area contributed by atoms with Crippen LogP contribution in [0.15, 0.2) is 0 Å². The number of carbonyl (C=O) groups is 8. The van der Waals surface area contributed by atoms with Gasteiger partial charge in [-0.1, -0.05) is 116 Å². The van der Waals surface area contributed by atoms with Crippen molar-refractivity contribution >= 4 is 47.8 Å². The summed E-state index contributed by atoms with van der Waals surface area (Å²) >= 11 is 0. The normalized spacial score (nSPS) is 13.6. The van der Waals surface area contributed by atoms with Gasteiger partial charge in [-0.2, -0.15) is 0 Å². The molecule has 6 atom stereocenters. The second kappa shape index (κ2) is 44.5. The van der Waals surface area contributed by atoms with Crippen LogP contribution in [0.25, 0.3) is 0 Å². The Morgan fingerprint density at radius 3 is 0.577 bits per heavy atom. The standard InChI is InChI=1S/C55H96O16/c1-64-48(56)39-27-10-9-16-28-42(50(58)66-3)29-17-11-18-30-43(51(59)67-4)31-19-12-20-32-44(52(60)68-5)33-21-13-22-34-45(53(61)69-6)35-23-14-24-36-46(54(62)70-7)37-25-15-26-38-47(55(63)71-8)40-41-49(57)65-2/h42-47H,9-41H2,1-8H3/t42-,43-,44-,45-,46-,47-/m0/s1. The minimum atomic E-state index is -0.366. The molecule has 0 bridgehead atoms. The topological polar surface area (TPSA) is 210 Å². The molecule has 71 heavy (non-hydrogen) atoms. The van der Waals surface area contributed by atoms with Crippen LogP contribution in [0.1, 0.15) is 212 Å². The van der Waals surface area contributed by atoms with Gasteiger partial charge in [-0.15, -0.1) is 0 Å². The Hall–Kier alpha value is -4.24. The molecule has 0 aromatic rings. The molecule has 0 aromatic carbocycles. The third-order valence-corrected chi connectivity index (χ3v) is 14.1. The quantitative estimate of drug-likeness (QED) is 0.0315. The largest absolute Gasteiger partial charge is 0.469 e. The van der Waals surface area contributed by atoms with Crippen molar-refractivity contribution in [3.05, 3.63) is 0 Å². The van der Waals surface area contributed by atoms with Gasteiger partial charge < -0.3 is 37.9 Å². The first kappa shape index (κ1) is 66.8. The van der Waals surface area contributed by atoms with E-state index in [1.807, 2.05) is 0 Å². The summed E-state index contributed by atoms with van der Waals surface area (Å²) in [7, 11) is 11.2. The number of hydrogen-bond donors (Lipinski definition) is 0. The molecule has 412 valence electrons. The third kappa shape index (κ3) is 33.2. The average molecular weight is 1010 g/mol. The number of esters is 8. The van der Waals surface area contributed by atoms with Crippen molar-refractivity contribution in [1.29, 1.82) is 0 Å². The summed E-state index contributed by atoms with van der Waals surface area (Å²) in [5, 5.41) is 0. The van der Waals surface area contributed by atoms with Gasteiger partial charge in [0.2, 0.25) is 0 Å². The van der Waals surface area contributed by atoms with Crippen molar-refractivity contribution in [2.24, 2.45) is 35.5 Å². The van der Waals surface area contributed by atoms with E-state index >= 15 is 0 Å². The predicted octanol–water partition coefficient (Wildman–Crippen LogP) is 10.9. The number of methoxy groups -OCH3 is 8. The molecule has 0 aliphatic rings. The number of rotatable bonds is 46. The van der Waals surface area contributed by atoms with E-state index in [2.05, 4.69) is 4.74 Å². The van der Waals surface area contributed by atoms with Crippen molar-refractivity contribution in [1.82, 2.24) is 0 Å². The summed E-state index contributed by atoms with van der Waals surface area (Å²) < 4.78 is 39.9. The fourth-order valence-corrected chi connectivity index (χ4v) is 9.58. The summed E-state index contributed by atoms with van der Waals surface area (Å²) in [6.45, 7) is 0. The number of unbranched alkanes of at least 4 members (excludes halogenated alkanes) is 13. The van der Waals surface area contributed by atoms with E-state index in [4.69, 9.17) is 33.2 Å². The molecule has 0 aliphatic heterocycles. The maximum absolute atomic E-state index is 12.7. The first-order valence-electron chi connectivity index (χ1n) is 26.9. The summed E-state index contributed by atoms with van der Waals surface area (Å²) in [6.07, 6.45) is 25.0. The Kier molecular flexibility index (Phi) is 41.8. The van der Waals surface area contributed by atoms with Crippen LogP contribution in [-0.4, -0.2) is 105 Å². The molecular weight excluding hydrogens is 917 g/mol. The maximum atomic E-state index is 12.7. The van der Waals surface area contributed by atoms with Crippen LogP contribution in [0.4, 0.5) is 0 Å². The molecule has 0 spiro atoms. The molecule has 0 aromatic heterocycles. The maximum Gasteiger partial charge on any atom is 0.308 e. The molecule has 16 nitrogen and oxygen atoms in total. The molecule has 0 amide bonds. The highest BCUT2D eigenvalue weighted by molar-refractivity contribution is 5.75. The van der Waals surface area contributed by atoms with Crippen molar-refractivity contribution in [3.63, 3.8) is 0 Å². The van der Waals surface area contributed by atoms with E-state index in [0.29, 0.717) is 57.8 Å². The Morgan fingerprint density at radius 1 is 0.211 bits per heavy atom. The number of hydrogen-bond acceptors (Lipinski definition) is 16. The number of ether oxygens (including phenoxy) is 8.